The number of hydrogen-bond donors (Lipinski definition) is 1. The molecule has 0 radical (unpaired) electrons. The lowest BCUT2D eigenvalue weighted by Gasteiger charge is -2.22. The van der Waals surface area contributed by atoms with Crippen LogP contribution in [0.4, 0.5) is 11.4 Å². The van der Waals surface area contributed by atoms with E-state index < -0.39 is 11.9 Å². The van der Waals surface area contributed by atoms with E-state index in [1.165, 1.54) is 31.1 Å². The van der Waals surface area contributed by atoms with Gasteiger partial charge in [0.15, 0.2) is 0 Å². The summed E-state index contributed by atoms with van der Waals surface area (Å²) in [6.07, 6.45) is 0. The van der Waals surface area contributed by atoms with Gasteiger partial charge < -0.3 is 15.0 Å². The van der Waals surface area contributed by atoms with Crippen LogP contribution in [0.3, 0.4) is 0 Å². The van der Waals surface area contributed by atoms with E-state index in [9.17, 15) is 14.4 Å². The second kappa shape index (κ2) is 8.69. The first kappa shape index (κ1) is 19.8. The van der Waals surface area contributed by atoms with E-state index in [4.69, 9.17) is 23.2 Å². The molecule has 26 heavy (non-hydrogen) atoms. The smallest absolute Gasteiger partial charge is 0.339 e. The third kappa shape index (κ3) is 4.74. The molecule has 0 aliphatic rings. The van der Waals surface area contributed by atoms with Crippen molar-refractivity contribution >= 4 is 52.4 Å². The lowest BCUT2D eigenvalue weighted by atomic mass is 10.2. The minimum Gasteiger partial charge on any atom is -0.465 e. The molecule has 0 aliphatic carbocycles. The Balaban J connectivity index is 2.22. The summed E-state index contributed by atoms with van der Waals surface area (Å²) in [6.45, 7) is 1.03. The molecule has 8 heteroatoms. The number of halogens is 2. The summed E-state index contributed by atoms with van der Waals surface area (Å²) in [4.78, 5) is 37.4. The molecule has 2 rings (SSSR count). The van der Waals surface area contributed by atoms with Crippen molar-refractivity contribution in [3.8, 4) is 0 Å². The van der Waals surface area contributed by atoms with E-state index in [1.807, 2.05) is 0 Å². The summed E-state index contributed by atoms with van der Waals surface area (Å²) in [6, 6.07) is 11.0. The first-order chi connectivity index (χ1) is 12.3. The second-order valence-electron chi connectivity index (χ2n) is 5.29. The van der Waals surface area contributed by atoms with Crippen molar-refractivity contribution in [2.75, 3.05) is 23.9 Å². The lowest BCUT2D eigenvalue weighted by Crippen LogP contribution is -2.37. The van der Waals surface area contributed by atoms with Crippen LogP contribution < -0.4 is 10.2 Å². The molecule has 0 unspecified atom stereocenters. The molecule has 2 aromatic carbocycles. The maximum absolute atomic E-state index is 12.4. The number of amides is 2. The average Bonchev–Trinajstić information content (AvgIpc) is 2.60. The highest BCUT2D eigenvalue weighted by Crippen LogP contribution is 2.29. The maximum Gasteiger partial charge on any atom is 0.339 e. The molecule has 136 valence electrons. The average molecular weight is 395 g/mol. The van der Waals surface area contributed by atoms with E-state index in [2.05, 4.69) is 10.1 Å². The molecule has 0 saturated heterocycles. The van der Waals surface area contributed by atoms with Gasteiger partial charge >= 0.3 is 5.97 Å². The number of carbonyl (C=O) groups excluding carboxylic acids is 3. The summed E-state index contributed by atoms with van der Waals surface area (Å²) < 4.78 is 4.69. The van der Waals surface area contributed by atoms with Crippen LogP contribution in [0, 0.1) is 0 Å². The van der Waals surface area contributed by atoms with Crippen molar-refractivity contribution in [3.05, 3.63) is 58.1 Å². The van der Waals surface area contributed by atoms with Crippen LogP contribution in [-0.2, 0) is 14.3 Å². The minimum atomic E-state index is -0.579. The minimum absolute atomic E-state index is 0.210. The Labute approximate surface area is 160 Å². The number of nitrogens with one attached hydrogen (secondary N) is 1. The van der Waals surface area contributed by atoms with Crippen LogP contribution >= 0.6 is 23.2 Å². The predicted molar refractivity (Wildman–Crippen MR) is 101 cm³/mol. The Kier molecular flexibility index (Phi) is 6.60. The number of ether oxygens (including phenoxy) is 1. The zero-order valence-corrected chi connectivity index (χ0v) is 15.6. The van der Waals surface area contributed by atoms with Gasteiger partial charge in [-0.3, -0.25) is 9.59 Å². The van der Waals surface area contributed by atoms with Crippen molar-refractivity contribution in [2.45, 2.75) is 6.92 Å². The Hall–Kier alpha value is -2.57. The molecular weight excluding hydrogens is 379 g/mol. The largest absolute Gasteiger partial charge is 0.465 e. The zero-order chi connectivity index (χ0) is 19.3. The maximum atomic E-state index is 12.4. The lowest BCUT2D eigenvalue weighted by molar-refractivity contribution is -0.120. The van der Waals surface area contributed by atoms with Crippen LogP contribution in [0.5, 0.6) is 0 Å². The standard InChI is InChI=1S/C18H16Cl2N2O4/c1-11(23)22(16-8-7-12(19)9-14(16)20)10-17(24)21-15-6-4-3-5-13(15)18(25)26-2/h3-9H,10H2,1-2H3,(H,21,24). The van der Waals surface area contributed by atoms with Gasteiger partial charge in [0, 0.05) is 11.9 Å². The molecule has 1 N–H and O–H groups in total. The third-order valence-electron chi connectivity index (χ3n) is 3.49. The Bertz CT molecular complexity index is 855. The fourth-order valence-corrected chi connectivity index (χ4v) is 2.79. The van der Waals surface area contributed by atoms with Crippen molar-refractivity contribution in [3.63, 3.8) is 0 Å². The first-order valence-electron chi connectivity index (χ1n) is 7.54. The van der Waals surface area contributed by atoms with Crippen molar-refractivity contribution in [1.82, 2.24) is 0 Å². The second-order valence-corrected chi connectivity index (χ2v) is 6.13. The first-order valence-corrected chi connectivity index (χ1v) is 8.29. The fourth-order valence-electron chi connectivity index (χ4n) is 2.28. The van der Waals surface area contributed by atoms with Crippen LogP contribution in [0.25, 0.3) is 0 Å². The quantitative estimate of drug-likeness (QED) is 0.782. The summed E-state index contributed by atoms with van der Waals surface area (Å²) in [5.41, 5.74) is 0.859. The van der Waals surface area contributed by atoms with Crippen LogP contribution in [0.2, 0.25) is 10.0 Å². The number of para-hydroxylation sites is 1. The van der Waals surface area contributed by atoms with Gasteiger partial charge in [-0.05, 0) is 30.3 Å². The highest BCUT2D eigenvalue weighted by Gasteiger charge is 2.20. The summed E-state index contributed by atoms with van der Waals surface area (Å²) in [5, 5.41) is 3.27. The van der Waals surface area contributed by atoms with Crippen molar-refractivity contribution in [2.24, 2.45) is 0 Å². The Morgan fingerprint density at radius 2 is 1.81 bits per heavy atom. The molecule has 0 aliphatic heterocycles. The molecule has 0 saturated carbocycles. The molecule has 6 nitrogen and oxygen atoms in total. The monoisotopic (exact) mass is 394 g/mol. The van der Waals surface area contributed by atoms with Crippen LogP contribution in [-0.4, -0.2) is 31.4 Å². The van der Waals surface area contributed by atoms with Gasteiger partial charge in [0.2, 0.25) is 11.8 Å². The summed E-state index contributed by atoms with van der Waals surface area (Å²) >= 11 is 12.0. The van der Waals surface area contributed by atoms with Crippen LogP contribution in [0.1, 0.15) is 17.3 Å². The van der Waals surface area contributed by atoms with Gasteiger partial charge in [-0.15, -0.1) is 0 Å². The SMILES string of the molecule is COC(=O)c1ccccc1NC(=O)CN(C(C)=O)c1ccc(Cl)cc1Cl. The Morgan fingerprint density at radius 3 is 2.42 bits per heavy atom. The number of benzene rings is 2. The number of carbonyl (C=O) groups is 3. The normalized spacial score (nSPS) is 10.2. The molecular formula is C18H16Cl2N2O4. The van der Waals surface area contributed by atoms with Crippen molar-refractivity contribution < 1.29 is 19.1 Å². The number of esters is 1. The molecule has 0 fully saturated rings. The highest BCUT2D eigenvalue weighted by atomic mass is 35.5. The van der Waals surface area contributed by atoms with E-state index >= 15 is 0 Å². The van der Waals surface area contributed by atoms with Gasteiger partial charge in [-0.1, -0.05) is 35.3 Å². The number of methoxy groups -OCH3 is 1. The van der Waals surface area contributed by atoms with Gasteiger partial charge in [-0.2, -0.15) is 0 Å². The fraction of sp³-hybridized carbons (Fsp3) is 0.167. The van der Waals surface area contributed by atoms with E-state index in [1.54, 1.807) is 30.3 Å². The van der Waals surface area contributed by atoms with Crippen LogP contribution in [0.15, 0.2) is 42.5 Å². The predicted octanol–water partition coefficient (Wildman–Crippen LogP) is 3.77. The molecule has 2 amide bonds. The van der Waals surface area contributed by atoms with Gasteiger partial charge in [0.05, 0.1) is 29.1 Å². The van der Waals surface area contributed by atoms with E-state index in [0.717, 1.165) is 0 Å². The van der Waals surface area contributed by atoms with Gasteiger partial charge in [-0.25, -0.2) is 4.79 Å². The summed E-state index contributed by atoms with van der Waals surface area (Å²) in [5.74, 6) is -1.45. The molecule has 0 bridgehead atoms. The van der Waals surface area contributed by atoms with Gasteiger partial charge in [0.1, 0.15) is 6.54 Å². The van der Waals surface area contributed by atoms with E-state index in [-0.39, 0.29) is 28.7 Å². The molecule has 0 heterocycles. The third-order valence-corrected chi connectivity index (χ3v) is 4.03. The molecule has 2 aromatic rings. The van der Waals surface area contributed by atoms with E-state index in [0.29, 0.717) is 10.7 Å². The molecule has 0 aromatic heterocycles. The van der Waals surface area contributed by atoms with Gasteiger partial charge in [0.25, 0.3) is 0 Å². The number of anilines is 2. The highest BCUT2D eigenvalue weighted by molar-refractivity contribution is 6.36. The Morgan fingerprint density at radius 1 is 1.12 bits per heavy atom. The topological polar surface area (TPSA) is 75.7 Å². The number of nitrogens with zero attached hydrogens (tertiary/aromatic N) is 1. The number of hydrogen-bond acceptors (Lipinski definition) is 4. The summed E-state index contributed by atoms with van der Waals surface area (Å²) in [7, 11) is 1.25. The number of rotatable bonds is 5. The molecule has 0 spiro atoms. The zero-order valence-electron chi connectivity index (χ0n) is 14.1. The van der Waals surface area contributed by atoms with Crippen molar-refractivity contribution in [1.29, 1.82) is 0 Å². The molecule has 0 atom stereocenters.